The quantitative estimate of drug-likeness (QED) is 0.923. The third-order valence-electron chi connectivity index (χ3n) is 3.26. The zero-order valence-electron chi connectivity index (χ0n) is 12.0. The molecule has 0 spiro atoms. The van der Waals surface area contributed by atoms with Gasteiger partial charge in [-0.05, 0) is 30.3 Å². The van der Waals surface area contributed by atoms with Crippen molar-refractivity contribution in [1.29, 1.82) is 0 Å². The van der Waals surface area contributed by atoms with Crippen LogP contribution in [-0.4, -0.2) is 27.6 Å². The number of carbonyl (C=O) groups excluding carboxylic acids is 1. The van der Waals surface area contributed by atoms with Gasteiger partial charge < -0.3 is 9.64 Å². The Morgan fingerprint density at radius 2 is 1.82 bits per heavy atom. The van der Waals surface area contributed by atoms with Crippen molar-refractivity contribution < 1.29 is 17.9 Å². The van der Waals surface area contributed by atoms with E-state index in [2.05, 4.69) is 4.72 Å². The van der Waals surface area contributed by atoms with Gasteiger partial charge in [0, 0.05) is 12.7 Å². The van der Waals surface area contributed by atoms with E-state index in [-0.39, 0.29) is 5.91 Å². The monoisotopic (exact) mass is 318 g/mol. The highest BCUT2D eigenvalue weighted by Gasteiger charge is 2.25. The molecule has 0 radical (unpaired) electrons. The smallest absolute Gasteiger partial charge is 0.261 e. The fourth-order valence-electron chi connectivity index (χ4n) is 2.29. The summed E-state index contributed by atoms with van der Waals surface area (Å²) in [5.74, 6) is 0.693. The lowest BCUT2D eigenvalue weighted by Crippen LogP contribution is -2.25. The summed E-state index contributed by atoms with van der Waals surface area (Å²) in [6.45, 7) is 0. The number of rotatable bonds is 2. The number of sulfonamides is 1. The van der Waals surface area contributed by atoms with Crippen LogP contribution in [0.25, 0.3) is 0 Å². The number of fused-ring (bicyclic) bond motifs is 2. The second-order valence-electron chi connectivity index (χ2n) is 5.02. The van der Waals surface area contributed by atoms with Gasteiger partial charge in [-0.1, -0.05) is 12.1 Å². The van der Waals surface area contributed by atoms with Crippen LogP contribution in [0.2, 0.25) is 0 Å². The maximum atomic E-state index is 12.6. The molecule has 7 heteroatoms. The Labute approximate surface area is 128 Å². The van der Waals surface area contributed by atoms with E-state index in [4.69, 9.17) is 4.74 Å². The number of anilines is 2. The summed E-state index contributed by atoms with van der Waals surface area (Å²) in [6.07, 6.45) is 1.05. The topological polar surface area (TPSA) is 75.7 Å². The van der Waals surface area contributed by atoms with Gasteiger partial charge in [-0.3, -0.25) is 9.52 Å². The van der Waals surface area contributed by atoms with Gasteiger partial charge in [0.1, 0.15) is 5.75 Å². The molecule has 2 aromatic rings. The zero-order valence-corrected chi connectivity index (χ0v) is 12.8. The van der Waals surface area contributed by atoms with Crippen LogP contribution in [0.1, 0.15) is 10.4 Å². The predicted molar refractivity (Wildman–Crippen MR) is 84.2 cm³/mol. The molecule has 0 fully saturated rings. The average Bonchev–Trinajstić information content (AvgIpc) is 2.55. The van der Waals surface area contributed by atoms with E-state index >= 15 is 0 Å². The van der Waals surface area contributed by atoms with Gasteiger partial charge in [0.2, 0.25) is 10.0 Å². The molecule has 3 rings (SSSR count). The lowest BCUT2D eigenvalue weighted by Gasteiger charge is -2.15. The molecule has 1 heterocycles. The third-order valence-corrected chi connectivity index (χ3v) is 3.87. The molecule has 1 amide bonds. The largest absolute Gasteiger partial charge is 0.454 e. The van der Waals surface area contributed by atoms with Crippen LogP contribution >= 0.6 is 0 Å². The molecular weight excluding hydrogens is 304 g/mol. The highest BCUT2D eigenvalue weighted by molar-refractivity contribution is 7.92. The van der Waals surface area contributed by atoms with E-state index in [1.54, 1.807) is 31.3 Å². The van der Waals surface area contributed by atoms with Crippen LogP contribution in [0.5, 0.6) is 11.5 Å². The van der Waals surface area contributed by atoms with Crippen molar-refractivity contribution >= 4 is 27.3 Å². The lowest BCUT2D eigenvalue weighted by atomic mass is 10.1. The Kier molecular flexibility index (Phi) is 3.29. The minimum Gasteiger partial charge on any atom is -0.454 e. The van der Waals surface area contributed by atoms with Gasteiger partial charge in [-0.25, -0.2) is 8.42 Å². The minimum atomic E-state index is -3.41. The van der Waals surface area contributed by atoms with Crippen LogP contribution in [0.15, 0.2) is 42.5 Å². The van der Waals surface area contributed by atoms with E-state index in [1.807, 2.05) is 12.1 Å². The highest BCUT2D eigenvalue weighted by atomic mass is 32.2. The Morgan fingerprint density at radius 1 is 1.09 bits per heavy atom. The van der Waals surface area contributed by atoms with E-state index in [9.17, 15) is 13.2 Å². The predicted octanol–water partition coefficient (Wildman–Crippen LogP) is 2.44. The van der Waals surface area contributed by atoms with E-state index in [1.165, 1.54) is 11.0 Å². The molecule has 1 aliphatic rings. The summed E-state index contributed by atoms with van der Waals surface area (Å²) in [5.41, 5.74) is 1.27. The Hall–Kier alpha value is -2.54. The zero-order chi connectivity index (χ0) is 15.9. The highest BCUT2D eigenvalue weighted by Crippen LogP contribution is 2.38. The number of amides is 1. The normalized spacial score (nSPS) is 13.7. The van der Waals surface area contributed by atoms with Gasteiger partial charge in [0.25, 0.3) is 5.91 Å². The van der Waals surface area contributed by atoms with Crippen molar-refractivity contribution in [3.63, 3.8) is 0 Å². The van der Waals surface area contributed by atoms with Crippen LogP contribution in [0.3, 0.4) is 0 Å². The first-order valence-corrected chi connectivity index (χ1v) is 8.41. The number of benzene rings is 2. The lowest BCUT2D eigenvalue weighted by molar-refractivity contribution is 0.0993. The maximum Gasteiger partial charge on any atom is 0.261 e. The number of para-hydroxylation sites is 2. The van der Waals surface area contributed by atoms with Gasteiger partial charge in [0.15, 0.2) is 5.75 Å². The van der Waals surface area contributed by atoms with Crippen molar-refractivity contribution in [2.45, 2.75) is 0 Å². The van der Waals surface area contributed by atoms with Crippen LogP contribution < -0.4 is 14.4 Å². The van der Waals surface area contributed by atoms with Gasteiger partial charge in [-0.2, -0.15) is 0 Å². The first-order chi connectivity index (χ1) is 10.3. The molecule has 0 saturated carbocycles. The van der Waals surface area contributed by atoms with Gasteiger partial charge >= 0.3 is 0 Å². The molecule has 2 aromatic carbocycles. The molecule has 114 valence electrons. The Balaban J connectivity index is 2.10. The van der Waals surface area contributed by atoms with Gasteiger partial charge in [-0.15, -0.1) is 0 Å². The van der Waals surface area contributed by atoms with E-state index < -0.39 is 10.0 Å². The second kappa shape index (κ2) is 5.03. The average molecular weight is 318 g/mol. The van der Waals surface area contributed by atoms with Crippen molar-refractivity contribution in [3.8, 4) is 11.5 Å². The van der Waals surface area contributed by atoms with Crippen LogP contribution in [-0.2, 0) is 10.0 Å². The fraction of sp³-hybridized carbons (Fsp3) is 0.133. The van der Waals surface area contributed by atoms with Crippen LogP contribution in [0, 0.1) is 0 Å². The maximum absolute atomic E-state index is 12.6. The number of carbonyl (C=O) groups is 1. The van der Waals surface area contributed by atoms with Crippen molar-refractivity contribution in [2.24, 2.45) is 0 Å². The molecule has 1 N–H and O–H groups in total. The summed E-state index contributed by atoms with van der Waals surface area (Å²) >= 11 is 0. The van der Waals surface area contributed by atoms with E-state index in [0.717, 1.165) is 6.26 Å². The molecule has 22 heavy (non-hydrogen) atoms. The summed E-state index contributed by atoms with van der Waals surface area (Å²) < 4.78 is 30.8. The van der Waals surface area contributed by atoms with Gasteiger partial charge in [0.05, 0.1) is 17.5 Å². The standard InChI is InChI=1S/C15H14N2O4S/c1-17-12-5-3-4-6-14(12)21-13-8-7-10(16-22(2,19)20)9-11(13)15(17)18/h3-9,16H,1-2H3. The number of nitrogens with one attached hydrogen (secondary N) is 1. The summed E-state index contributed by atoms with van der Waals surface area (Å²) in [7, 11) is -1.76. The first-order valence-electron chi connectivity index (χ1n) is 6.52. The van der Waals surface area contributed by atoms with E-state index in [0.29, 0.717) is 28.4 Å². The molecule has 0 atom stereocenters. The summed E-state index contributed by atoms with van der Waals surface area (Å²) in [4.78, 5) is 14.1. The summed E-state index contributed by atoms with van der Waals surface area (Å²) in [6, 6.07) is 11.8. The summed E-state index contributed by atoms with van der Waals surface area (Å²) in [5, 5.41) is 0. The minimum absolute atomic E-state index is 0.267. The molecule has 1 aliphatic heterocycles. The molecule has 0 aliphatic carbocycles. The molecule has 0 aromatic heterocycles. The second-order valence-corrected chi connectivity index (χ2v) is 6.77. The SMILES string of the molecule is CN1C(=O)c2cc(NS(C)(=O)=O)ccc2Oc2ccccc21. The molecule has 0 unspecified atom stereocenters. The van der Waals surface area contributed by atoms with Crippen molar-refractivity contribution in [1.82, 2.24) is 0 Å². The molecule has 6 nitrogen and oxygen atoms in total. The third kappa shape index (κ3) is 2.62. The molecule has 0 bridgehead atoms. The van der Waals surface area contributed by atoms with Crippen LogP contribution in [0.4, 0.5) is 11.4 Å². The Morgan fingerprint density at radius 3 is 2.55 bits per heavy atom. The van der Waals surface area contributed by atoms with Crippen molar-refractivity contribution in [2.75, 3.05) is 22.9 Å². The number of ether oxygens (including phenoxy) is 1. The number of hydrogen-bond donors (Lipinski definition) is 1. The Bertz CT molecular complexity index is 862. The molecular formula is C15H14N2O4S. The first kappa shape index (κ1) is 14.4. The molecule has 0 saturated heterocycles. The fourth-order valence-corrected chi connectivity index (χ4v) is 2.85. The number of nitrogens with zero attached hydrogens (tertiary/aromatic N) is 1. The number of hydrogen-bond acceptors (Lipinski definition) is 4. The van der Waals surface area contributed by atoms with Crippen molar-refractivity contribution in [3.05, 3.63) is 48.0 Å².